The fourth-order valence-corrected chi connectivity index (χ4v) is 4.21. The number of hydrogen-bond donors (Lipinski definition) is 1. The van der Waals surface area contributed by atoms with Crippen molar-refractivity contribution in [2.75, 3.05) is 31.2 Å². The summed E-state index contributed by atoms with van der Waals surface area (Å²) in [5.74, 6) is 2.45. The maximum absolute atomic E-state index is 5.83. The highest BCUT2D eigenvalue weighted by Gasteiger charge is 2.25. The van der Waals surface area contributed by atoms with Gasteiger partial charge in [-0.05, 0) is 58.4 Å². The van der Waals surface area contributed by atoms with Gasteiger partial charge in [0.15, 0.2) is 11.5 Å². The van der Waals surface area contributed by atoms with Gasteiger partial charge in [0.05, 0.1) is 11.4 Å². The molecule has 0 bridgehead atoms. The minimum Gasteiger partial charge on any atom is -0.486 e. The average molecular weight is 427 g/mol. The Bertz CT molecular complexity index is 869. The molecule has 6 nitrogen and oxygen atoms in total. The second kappa shape index (κ2) is 10.8. The normalized spacial score (nSPS) is 16.0. The summed E-state index contributed by atoms with van der Waals surface area (Å²) >= 11 is 0. The number of aromatic nitrogens is 2. The van der Waals surface area contributed by atoms with Gasteiger partial charge >= 0.3 is 0 Å². The van der Waals surface area contributed by atoms with Crippen LogP contribution in [0.15, 0.2) is 18.2 Å². The Morgan fingerprint density at radius 2 is 1.71 bits per heavy atom. The molecule has 170 valence electrons. The zero-order valence-electron chi connectivity index (χ0n) is 20.0. The van der Waals surface area contributed by atoms with Crippen molar-refractivity contribution in [3.63, 3.8) is 0 Å². The molecule has 4 rings (SSSR count). The molecule has 0 saturated heterocycles. The first-order valence-electron chi connectivity index (χ1n) is 11.9. The summed E-state index contributed by atoms with van der Waals surface area (Å²) in [4.78, 5) is 12.5. The van der Waals surface area contributed by atoms with Gasteiger partial charge in [-0.25, -0.2) is 9.97 Å². The maximum atomic E-state index is 5.83. The molecule has 2 aliphatic heterocycles. The third-order valence-corrected chi connectivity index (χ3v) is 5.84. The van der Waals surface area contributed by atoms with Crippen LogP contribution in [0, 0.1) is 0 Å². The van der Waals surface area contributed by atoms with Gasteiger partial charge in [0.25, 0.3) is 0 Å². The van der Waals surface area contributed by atoms with E-state index in [0.717, 1.165) is 61.1 Å². The molecule has 2 aromatic rings. The highest BCUT2D eigenvalue weighted by atomic mass is 16.6. The highest BCUT2D eigenvalue weighted by Crippen LogP contribution is 2.36. The summed E-state index contributed by atoms with van der Waals surface area (Å²) in [5.41, 5.74) is 4.52. The first-order valence-corrected chi connectivity index (χ1v) is 11.9. The Labute approximate surface area is 187 Å². The van der Waals surface area contributed by atoms with E-state index in [0.29, 0.717) is 25.3 Å². The van der Waals surface area contributed by atoms with Crippen molar-refractivity contribution in [2.45, 2.75) is 72.9 Å². The third kappa shape index (κ3) is 5.12. The van der Waals surface area contributed by atoms with E-state index in [9.17, 15) is 0 Å². The number of hydrogen-bond acceptors (Lipinski definition) is 6. The van der Waals surface area contributed by atoms with Crippen molar-refractivity contribution in [3.8, 4) is 22.8 Å². The molecule has 0 spiro atoms. The van der Waals surface area contributed by atoms with E-state index in [1.54, 1.807) is 0 Å². The summed E-state index contributed by atoms with van der Waals surface area (Å²) in [5, 5.41) is 3.50. The lowest BCUT2D eigenvalue weighted by atomic mass is 10.0. The molecule has 2 aliphatic rings. The van der Waals surface area contributed by atoms with Crippen LogP contribution < -0.4 is 19.7 Å². The molecule has 3 heterocycles. The number of anilines is 1. The Morgan fingerprint density at radius 3 is 2.42 bits per heavy atom. The zero-order valence-corrected chi connectivity index (χ0v) is 20.0. The number of nitrogens with one attached hydrogen (secondary N) is 1. The van der Waals surface area contributed by atoms with Crippen molar-refractivity contribution >= 4 is 5.95 Å². The summed E-state index contributed by atoms with van der Waals surface area (Å²) in [6.45, 7) is 16.0. The lowest BCUT2D eigenvalue weighted by Gasteiger charge is -2.33. The Balaban J connectivity index is 0.00000132. The van der Waals surface area contributed by atoms with Crippen LogP contribution in [0.1, 0.15) is 59.2 Å². The monoisotopic (exact) mass is 426 g/mol. The van der Waals surface area contributed by atoms with E-state index in [-0.39, 0.29) is 0 Å². The van der Waals surface area contributed by atoms with E-state index in [4.69, 9.17) is 19.4 Å². The van der Waals surface area contributed by atoms with Gasteiger partial charge in [-0.15, -0.1) is 0 Å². The van der Waals surface area contributed by atoms with Gasteiger partial charge in [0.2, 0.25) is 5.95 Å². The molecule has 1 atom stereocenters. The molecule has 31 heavy (non-hydrogen) atoms. The second-order valence-corrected chi connectivity index (χ2v) is 8.16. The molecule has 0 radical (unpaired) electrons. The predicted molar refractivity (Wildman–Crippen MR) is 127 cm³/mol. The first kappa shape index (κ1) is 23.3. The minimum atomic E-state index is 0.333. The summed E-state index contributed by atoms with van der Waals surface area (Å²) in [7, 11) is 0. The molecule has 1 N–H and O–H groups in total. The van der Waals surface area contributed by atoms with Crippen molar-refractivity contribution in [1.29, 1.82) is 0 Å². The molecule has 0 amide bonds. The Morgan fingerprint density at radius 1 is 1.00 bits per heavy atom. The van der Waals surface area contributed by atoms with Gasteiger partial charge in [0, 0.05) is 36.2 Å². The van der Waals surface area contributed by atoms with E-state index in [1.165, 1.54) is 11.3 Å². The van der Waals surface area contributed by atoms with Gasteiger partial charge < -0.3 is 19.7 Å². The molecule has 0 saturated carbocycles. The summed E-state index contributed by atoms with van der Waals surface area (Å²) < 4.78 is 11.5. The van der Waals surface area contributed by atoms with Gasteiger partial charge in [-0.2, -0.15) is 0 Å². The summed E-state index contributed by atoms with van der Waals surface area (Å²) in [6.07, 6.45) is 2.92. The number of benzene rings is 1. The molecular weight excluding hydrogens is 388 g/mol. The molecule has 0 fully saturated rings. The number of rotatable bonds is 5. The Kier molecular flexibility index (Phi) is 8.13. The van der Waals surface area contributed by atoms with Gasteiger partial charge in [-0.1, -0.05) is 20.8 Å². The van der Waals surface area contributed by atoms with E-state index < -0.39 is 0 Å². The lowest BCUT2D eigenvalue weighted by molar-refractivity contribution is 0.171. The van der Waals surface area contributed by atoms with Crippen LogP contribution in [-0.2, 0) is 12.8 Å². The smallest absolute Gasteiger partial charge is 0.226 e. The number of nitrogens with zero attached hydrogens (tertiary/aromatic N) is 3. The van der Waals surface area contributed by atoms with E-state index >= 15 is 0 Å². The van der Waals surface area contributed by atoms with Crippen molar-refractivity contribution in [1.82, 2.24) is 15.3 Å². The minimum absolute atomic E-state index is 0.333. The lowest BCUT2D eigenvalue weighted by Crippen LogP contribution is -2.40. The fourth-order valence-electron chi connectivity index (χ4n) is 4.21. The van der Waals surface area contributed by atoms with Crippen LogP contribution in [0.25, 0.3) is 11.3 Å². The average Bonchev–Trinajstić information content (AvgIpc) is 3.05. The SMILES string of the molecule is CC.CCC(C)N(c1nc2c(c(-c3ccc4c(c3)OCCO4)n1)CCNCC2)C(C)C. The number of ether oxygens (including phenoxy) is 2. The van der Waals surface area contributed by atoms with Crippen LogP contribution in [0.3, 0.4) is 0 Å². The Hall–Kier alpha value is -2.34. The molecule has 1 aromatic carbocycles. The van der Waals surface area contributed by atoms with Crippen molar-refractivity contribution in [3.05, 3.63) is 29.5 Å². The molecule has 1 unspecified atom stereocenters. The van der Waals surface area contributed by atoms with Crippen LogP contribution in [0.4, 0.5) is 5.95 Å². The molecule has 6 heteroatoms. The van der Waals surface area contributed by atoms with E-state index in [2.05, 4.69) is 50.0 Å². The maximum Gasteiger partial charge on any atom is 0.226 e. The second-order valence-electron chi connectivity index (χ2n) is 8.16. The fraction of sp³-hybridized carbons (Fsp3) is 0.600. The molecule has 1 aromatic heterocycles. The van der Waals surface area contributed by atoms with E-state index in [1.807, 2.05) is 19.9 Å². The van der Waals surface area contributed by atoms with Crippen LogP contribution in [-0.4, -0.2) is 48.4 Å². The zero-order chi connectivity index (χ0) is 22.4. The molecular formula is C25H38N4O2. The van der Waals surface area contributed by atoms with Crippen molar-refractivity contribution in [2.24, 2.45) is 0 Å². The van der Waals surface area contributed by atoms with Crippen LogP contribution in [0.5, 0.6) is 11.5 Å². The van der Waals surface area contributed by atoms with Gasteiger partial charge in [0.1, 0.15) is 13.2 Å². The predicted octanol–water partition coefficient (Wildman–Crippen LogP) is 4.64. The van der Waals surface area contributed by atoms with Crippen molar-refractivity contribution < 1.29 is 9.47 Å². The first-order chi connectivity index (χ1) is 15.1. The highest BCUT2D eigenvalue weighted by molar-refractivity contribution is 5.69. The summed E-state index contributed by atoms with van der Waals surface area (Å²) in [6, 6.07) is 6.88. The number of fused-ring (bicyclic) bond motifs is 2. The third-order valence-electron chi connectivity index (χ3n) is 5.84. The quantitative estimate of drug-likeness (QED) is 0.751. The standard InChI is InChI=1S/C23H32N4O2.C2H6/c1-5-16(4)27(15(2)3)23-25-19-9-11-24-10-8-18(19)22(26-23)17-6-7-20-21(14-17)29-13-12-28-20;1-2/h6-7,14-16,24H,5,8-13H2,1-4H3;1-2H3. The molecule has 0 aliphatic carbocycles. The van der Waals surface area contributed by atoms with Gasteiger partial charge in [-0.3, -0.25) is 0 Å². The van der Waals surface area contributed by atoms with Crippen LogP contribution >= 0.6 is 0 Å². The largest absolute Gasteiger partial charge is 0.486 e. The topological polar surface area (TPSA) is 59.5 Å². The van der Waals surface area contributed by atoms with Crippen LogP contribution in [0.2, 0.25) is 0 Å².